The van der Waals surface area contributed by atoms with E-state index in [4.69, 9.17) is 27.9 Å². The van der Waals surface area contributed by atoms with E-state index in [1.807, 2.05) is 19.9 Å². The van der Waals surface area contributed by atoms with Gasteiger partial charge in [-0.3, -0.25) is 4.79 Å². The average Bonchev–Trinajstić information content (AvgIpc) is 2.39. The number of hydrogen-bond acceptors (Lipinski definition) is 3. The van der Waals surface area contributed by atoms with Gasteiger partial charge in [0, 0.05) is 23.7 Å². The van der Waals surface area contributed by atoms with Gasteiger partial charge in [-0.05, 0) is 25.6 Å². The monoisotopic (exact) mass is 318 g/mol. The van der Waals surface area contributed by atoms with Crippen LogP contribution in [0.5, 0.6) is 5.75 Å². The molecule has 0 aliphatic rings. The molecule has 1 aromatic rings. The molecule has 0 unspecified atom stereocenters. The molecule has 1 rings (SSSR count). The van der Waals surface area contributed by atoms with Gasteiger partial charge in [-0.1, -0.05) is 30.1 Å². The Morgan fingerprint density at radius 3 is 2.65 bits per heavy atom. The fraction of sp³-hybridized carbons (Fsp3) is 0.500. The summed E-state index contributed by atoms with van der Waals surface area (Å²) in [6.45, 7) is 6.25. The van der Waals surface area contributed by atoms with E-state index in [1.165, 1.54) is 0 Å². The average molecular weight is 319 g/mol. The van der Waals surface area contributed by atoms with Crippen LogP contribution in [0.2, 0.25) is 10.0 Å². The first-order valence-corrected chi connectivity index (χ1v) is 7.42. The van der Waals surface area contributed by atoms with Crippen LogP contribution in [0.4, 0.5) is 0 Å². The van der Waals surface area contributed by atoms with Crippen molar-refractivity contribution in [3.63, 3.8) is 0 Å². The van der Waals surface area contributed by atoms with Gasteiger partial charge in [-0.15, -0.1) is 0 Å². The molecule has 20 heavy (non-hydrogen) atoms. The lowest BCUT2D eigenvalue weighted by atomic mass is 10.2. The van der Waals surface area contributed by atoms with E-state index in [0.717, 1.165) is 12.1 Å². The van der Waals surface area contributed by atoms with Crippen LogP contribution < -0.4 is 15.4 Å². The molecule has 0 aliphatic heterocycles. The van der Waals surface area contributed by atoms with E-state index in [0.29, 0.717) is 35.3 Å². The van der Waals surface area contributed by atoms with E-state index in [1.54, 1.807) is 6.07 Å². The number of amides is 1. The maximum Gasteiger partial charge on any atom is 0.223 e. The Morgan fingerprint density at radius 2 is 2.00 bits per heavy atom. The van der Waals surface area contributed by atoms with Crippen LogP contribution >= 0.6 is 23.2 Å². The second-order valence-corrected chi connectivity index (χ2v) is 5.05. The van der Waals surface area contributed by atoms with Gasteiger partial charge in [0.25, 0.3) is 0 Å². The Bertz CT molecular complexity index is 453. The molecular formula is C14H20Cl2N2O2. The van der Waals surface area contributed by atoms with Gasteiger partial charge in [0.2, 0.25) is 5.91 Å². The highest BCUT2D eigenvalue weighted by atomic mass is 35.5. The number of rotatable bonds is 8. The van der Waals surface area contributed by atoms with Gasteiger partial charge >= 0.3 is 0 Å². The number of hydrogen-bond donors (Lipinski definition) is 2. The van der Waals surface area contributed by atoms with Crippen LogP contribution in [-0.2, 0) is 11.3 Å². The van der Waals surface area contributed by atoms with Crippen molar-refractivity contribution in [3.05, 3.63) is 27.7 Å². The Balaban J connectivity index is 2.69. The number of carbonyl (C=O) groups excluding carboxylic acids is 1. The fourth-order valence-corrected chi connectivity index (χ4v) is 2.29. The topological polar surface area (TPSA) is 50.4 Å². The molecule has 0 aliphatic carbocycles. The Hall–Kier alpha value is -0.970. The standard InChI is InChI=1S/C14H20Cl2N2O2/c1-3-17-9-10-7-11(15)8-12(16)14(10)20-6-5-13(19)18-4-2/h7-8,17H,3-6,9H2,1-2H3,(H,18,19). The molecule has 0 saturated heterocycles. The third-order valence-corrected chi connectivity index (χ3v) is 3.10. The first kappa shape index (κ1) is 17.1. The van der Waals surface area contributed by atoms with Crippen molar-refractivity contribution in [2.45, 2.75) is 26.8 Å². The van der Waals surface area contributed by atoms with Crippen molar-refractivity contribution in [1.82, 2.24) is 10.6 Å². The summed E-state index contributed by atoms with van der Waals surface area (Å²) in [4.78, 5) is 11.4. The van der Waals surface area contributed by atoms with Gasteiger partial charge in [0.05, 0.1) is 18.1 Å². The summed E-state index contributed by atoms with van der Waals surface area (Å²) >= 11 is 12.1. The van der Waals surface area contributed by atoms with Gasteiger partial charge in [-0.25, -0.2) is 0 Å². The normalized spacial score (nSPS) is 10.4. The van der Waals surface area contributed by atoms with Crippen LogP contribution in [0.25, 0.3) is 0 Å². The zero-order chi connectivity index (χ0) is 15.0. The number of nitrogens with one attached hydrogen (secondary N) is 2. The first-order chi connectivity index (χ1) is 9.58. The summed E-state index contributed by atoms with van der Waals surface area (Å²) < 4.78 is 5.65. The molecule has 112 valence electrons. The quantitative estimate of drug-likeness (QED) is 0.774. The summed E-state index contributed by atoms with van der Waals surface area (Å²) in [6, 6.07) is 3.46. The molecule has 0 saturated carbocycles. The molecule has 0 spiro atoms. The predicted molar refractivity (Wildman–Crippen MR) is 82.6 cm³/mol. The van der Waals surface area contributed by atoms with Crippen LogP contribution in [0.15, 0.2) is 12.1 Å². The Labute approximate surface area is 129 Å². The minimum absolute atomic E-state index is 0.0363. The highest BCUT2D eigenvalue weighted by molar-refractivity contribution is 6.35. The SMILES string of the molecule is CCNCc1cc(Cl)cc(Cl)c1OCCC(=O)NCC. The Morgan fingerprint density at radius 1 is 1.25 bits per heavy atom. The van der Waals surface area contributed by atoms with Crippen molar-refractivity contribution in [3.8, 4) is 5.75 Å². The zero-order valence-corrected chi connectivity index (χ0v) is 13.3. The molecule has 0 heterocycles. The van der Waals surface area contributed by atoms with Crippen molar-refractivity contribution in [2.24, 2.45) is 0 Å². The fourth-order valence-electron chi connectivity index (χ4n) is 1.70. The molecule has 0 fully saturated rings. The number of halogens is 2. The van der Waals surface area contributed by atoms with Crippen molar-refractivity contribution >= 4 is 29.1 Å². The van der Waals surface area contributed by atoms with E-state index in [2.05, 4.69) is 10.6 Å². The number of ether oxygens (including phenoxy) is 1. The second kappa shape index (κ2) is 9.06. The van der Waals surface area contributed by atoms with E-state index in [9.17, 15) is 4.79 Å². The molecule has 6 heteroatoms. The summed E-state index contributed by atoms with van der Waals surface area (Å²) in [5, 5.41) is 6.95. The van der Waals surface area contributed by atoms with Gasteiger partial charge in [0.15, 0.2) is 0 Å². The maximum absolute atomic E-state index is 11.4. The number of benzene rings is 1. The second-order valence-electron chi connectivity index (χ2n) is 4.21. The van der Waals surface area contributed by atoms with Crippen molar-refractivity contribution in [2.75, 3.05) is 19.7 Å². The summed E-state index contributed by atoms with van der Waals surface area (Å²) in [5.74, 6) is 0.548. The Kier molecular flexibility index (Phi) is 7.73. The lowest BCUT2D eigenvalue weighted by Crippen LogP contribution is -2.24. The maximum atomic E-state index is 11.4. The third-order valence-electron chi connectivity index (χ3n) is 2.60. The van der Waals surface area contributed by atoms with Crippen LogP contribution in [0.1, 0.15) is 25.8 Å². The molecule has 0 bridgehead atoms. The summed E-state index contributed by atoms with van der Waals surface area (Å²) in [5.41, 5.74) is 0.889. The number of carbonyl (C=O) groups is 1. The predicted octanol–water partition coefficient (Wildman–Crippen LogP) is 3.01. The minimum atomic E-state index is -0.0363. The van der Waals surface area contributed by atoms with E-state index in [-0.39, 0.29) is 12.5 Å². The first-order valence-electron chi connectivity index (χ1n) is 6.66. The molecule has 1 amide bonds. The van der Waals surface area contributed by atoms with Crippen molar-refractivity contribution < 1.29 is 9.53 Å². The van der Waals surface area contributed by atoms with Crippen LogP contribution in [0, 0.1) is 0 Å². The zero-order valence-electron chi connectivity index (χ0n) is 11.8. The summed E-state index contributed by atoms with van der Waals surface area (Å²) in [7, 11) is 0. The molecular weight excluding hydrogens is 299 g/mol. The largest absolute Gasteiger partial charge is 0.491 e. The van der Waals surface area contributed by atoms with Gasteiger partial charge in [0.1, 0.15) is 5.75 Å². The minimum Gasteiger partial charge on any atom is -0.491 e. The molecule has 0 radical (unpaired) electrons. The molecule has 4 nitrogen and oxygen atoms in total. The third kappa shape index (κ3) is 5.57. The van der Waals surface area contributed by atoms with Crippen molar-refractivity contribution in [1.29, 1.82) is 0 Å². The highest BCUT2D eigenvalue weighted by Crippen LogP contribution is 2.32. The molecule has 0 atom stereocenters. The van der Waals surface area contributed by atoms with Gasteiger partial charge in [-0.2, -0.15) is 0 Å². The molecule has 2 N–H and O–H groups in total. The van der Waals surface area contributed by atoms with E-state index >= 15 is 0 Å². The van der Waals surface area contributed by atoms with Crippen LogP contribution in [0.3, 0.4) is 0 Å². The smallest absolute Gasteiger partial charge is 0.223 e. The highest BCUT2D eigenvalue weighted by Gasteiger charge is 2.11. The molecule has 1 aromatic carbocycles. The summed E-state index contributed by atoms with van der Waals surface area (Å²) in [6.07, 6.45) is 0.299. The van der Waals surface area contributed by atoms with Crippen LogP contribution in [-0.4, -0.2) is 25.6 Å². The van der Waals surface area contributed by atoms with E-state index < -0.39 is 0 Å². The lowest BCUT2D eigenvalue weighted by Gasteiger charge is -2.14. The lowest BCUT2D eigenvalue weighted by molar-refractivity contribution is -0.121. The van der Waals surface area contributed by atoms with Gasteiger partial charge < -0.3 is 15.4 Å². The molecule has 0 aromatic heterocycles.